The topological polar surface area (TPSA) is 0 Å². The van der Waals surface area contributed by atoms with Crippen molar-refractivity contribution in [2.45, 2.75) is 0 Å². The molecule has 0 atom stereocenters. The van der Waals surface area contributed by atoms with Crippen molar-refractivity contribution in [1.82, 2.24) is 0 Å². The maximum atomic E-state index is 2.33. The van der Waals surface area contributed by atoms with Gasteiger partial charge in [-0.15, -0.1) is 0 Å². The Bertz CT molecular complexity index is 860. The summed E-state index contributed by atoms with van der Waals surface area (Å²) in [6, 6.07) is 24.3. The van der Waals surface area contributed by atoms with E-state index in [4.69, 9.17) is 0 Å². The van der Waals surface area contributed by atoms with E-state index in [-0.39, 0.29) is 0 Å². The van der Waals surface area contributed by atoms with Crippen LogP contribution in [0.15, 0.2) is 66.7 Å². The van der Waals surface area contributed by atoms with E-state index in [1.807, 2.05) is 0 Å². The average molecular weight is 373 g/mol. The molecule has 0 aliphatic carbocycles. The van der Waals surface area contributed by atoms with E-state index in [1.165, 1.54) is 20.8 Å². The van der Waals surface area contributed by atoms with Crippen LogP contribution in [0.3, 0.4) is 0 Å². The number of benzene rings is 2. The van der Waals surface area contributed by atoms with Gasteiger partial charge in [0.2, 0.25) is 0 Å². The molecule has 4 rings (SSSR count). The molecule has 0 unspecified atom stereocenters. The third-order valence-electron chi connectivity index (χ3n) is 3.26. The van der Waals surface area contributed by atoms with Gasteiger partial charge in [0.25, 0.3) is 0 Å². The van der Waals surface area contributed by atoms with Crippen molar-refractivity contribution < 1.29 is 0 Å². The summed E-state index contributed by atoms with van der Waals surface area (Å²) >= 11 is 1.03. The first-order chi connectivity index (χ1) is 9.42. The van der Waals surface area contributed by atoms with Gasteiger partial charge >= 0.3 is 124 Å². The summed E-state index contributed by atoms with van der Waals surface area (Å²) in [6.07, 6.45) is 0. The monoisotopic (exact) mass is 375 g/mol. The van der Waals surface area contributed by atoms with Crippen molar-refractivity contribution >= 4 is 47.2 Å². The van der Waals surface area contributed by atoms with Gasteiger partial charge in [0.05, 0.1) is 0 Å². The van der Waals surface area contributed by atoms with Gasteiger partial charge in [-0.25, -0.2) is 0 Å². The predicted octanol–water partition coefficient (Wildman–Crippen LogP) is 4.06. The molecule has 2 aromatic heterocycles. The Morgan fingerprint density at radius 1 is 0.684 bits per heavy atom. The van der Waals surface area contributed by atoms with Gasteiger partial charge < -0.3 is 0 Å². The molecule has 0 saturated heterocycles. The van der Waals surface area contributed by atoms with Gasteiger partial charge in [0.1, 0.15) is 0 Å². The van der Waals surface area contributed by atoms with E-state index in [9.17, 15) is 0 Å². The van der Waals surface area contributed by atoms with Crippen LogP contribution in [0.1, 0.15) is 0 Å². The first kappa shape index (κ1) is 11.6. The summed E-state index contributed by atoms with van der Waals surface area (Å²) in [7, 11) is 0. The first-order valence-electron chi connectivity index (χ1n) is 6.22. The van der Waals surface area contributed by atoms with E-state index in [0.717, 1.165) is 0 Å². The third-order valence-corrected chi connectivity index (χ3v) is 9.23. The molecule has 0 aliphatic rings. The predicted molar refractivity (Wildman–Crippen MR) is 85.2 cm³/mol. The molecule has 0 aliphatic heterocycles. The first-order valence-corrected chi connectivity index (χ1v) is 9.64. The molecule has 4 aromatic rings. The van der Waals surface area contributed by atoms with E-state index in [0.29, 0.717) is 29.0 Å². The molecular weight excluding hydrogens is 362 g/mol. The minimum atomic E-state index is 0.491. The second-order valence-electron chi connectivity index (χ2n) is 4.47. The number of hydrogen-bond donors (Lipinski definition) is 0. The fourth-order valence-electron chi connectivity index (χ4n) is 2.33. The molecule has 0 bridgehead atoms. The molecule has 2 heterocycles. The Morgan fingerprint density at radius 2 is 1.47 bits per heavy atom. The number of fused-ring (bicyclic) bond motifs is 3. The van der Waals surface area contributed by atoms with Crippen LogP contribution in [-0.4, -0.2) is 29.0 Å². The summed E-state index contributed by atoms with van der Waals surface area (Å²) in [6.45, 7) is 0. The summed E-state index contributed by atoms with van der Waals surface area (Å²) in [4.78, 5) is 0. The Kier molecular flexibility index (Phi) is 2.90. The van der Waals surface area contributed by atoms with Crippen molar-refractivity contribution in [2.75, 3.05) is 0 Å². The third kappa shape index (κ3) is 2.02. The van der Waals surface area contributed by atoms with E-state index in [1.54, 1.807) is 7.39 Å². The fourth-order valence-corrected chi connectivity index (χ4v) is 8.60. The van der Waals surface area contributed by atoms with Crippen molar-refractivity contribution in [1.29, 1.82) is 0 Å². The average Bonchev–Trinajstić information content (AvgIpc) is 2.86. The van der Waals surface area contributed by atoms with Gasteiger partial charge in [-0.2, -0.15) is 0 Å². The normalized spacial score (nSPS) is 11.2. The van der Waals surface area contributed by atoms with Crippen molar-refractivity contribution in [3.8, 4) is 10.0 Å². The van der Waals surface area contributed by atoms with Crippen molar-refractivity contribution in [3.05, 3.63) is 66.7 Å². The zero-order valence-electron chi connectivity index (χ0n) is 10.2. The standard InChI is InChI=1S/C17H11Se2/c1-2-6-12(7-3-1)15-11-10-14-13-8-4-5-9-16(13)19-17(14)18-15/h1-11H/q+1. The van der Waals surface area contributed by atoms with Crippen LogP contribution in [0.4, 0.5) is 0 Å². The van der Waals surface area contributed by atoms with Crippen molar-refractivity contribution in [3.63, 3.8) is 0 Å². The number of rotatable bonds is 1. The van der Waals surface area contributed by atoms with Crippen LogP contribution >= 0.6 is 0 Å². The molecule has 0 saturated carbocycles. The molecule has 2 aromatic carbocycles. The summed E-state index contributed by atoms with van der Waals surface area (Å²) in [5, 5.41) is 2.98. The van der Waals surface area contributed by atoms with E-state index < -0.39 is 0 Å². The molecule has 2 heteroatoms. The van der Waals surface area contributed by atoms with Gasteiger partial charge in [-0.05, 0) is 0 Å². The molecule has 0 radical (unpaired) electrons. The Balaban J connectivity index is 1.99. The van der Waals surface area contributed by atoms with Crippen LogP contribution in [0, 0.1) is 0 Å². The quantitative estimate of drug-likeness (QED) is 0.442. The van der Waals surface area contributed by atoms with Gasteiger partial charge in [0.15, 0.2) is 0 Å². The van der Waals surface area contributed by atoms with Crippen LogP contribution in [-0.2, 0) is 0 Å². The molecule has 0 fully saturated rings. The maximum absolute atomic E-state index is 2.33. The Hall–Kier alpha value is -1.17. The zero-order chi connectivity index (χ0) is 12.7. The fraction of sp³-hybridized carbons (Fsp3) is 0. The van der Waals surface area contributed by atoms with Crippen LogP contribution < -0.4 is 0 Å². The summed E-state index contributed by atoms with van der Waals surface area (Å²) in [5.41, 5.74) is 1.39. The number of hydrogen-bond acceptors (Lipinski definition) is 0. The second-order valence-corrected chi connectivity index (χ2v) is 10.2. The minimum absolute atomic E-state index is 0.491. The molecule has 19 heavy (non-hydrogen) atoms. The van der Waals surface area contributed by atoms with Crippen LogP contribution in [0.2, 0.25) is 0 Å². The van der Waals surface area contributed by atoms with Gasteiger partial charge in [0, 0.05) is 0 Å². The van der Waals surface area contributed by atoms with E-state index in [2.05, 4.69) is 66.7 Å². The molecule has 0 amide bonds. The molecule has 0 nitrogen and oxygen atoms in total. The second kappa shape index (κ2) is 4.74. The Labute approximate surface area is 123 Å². The van der Waals surface area contributed by atoms with Crippen LogP contribution in [0.25, 0.3) is 28.2 Å². The van der Waals surface area contributed by atoms with Crippen LogP contribution in [0.5, 0.6) is 0 Å². The Morgan fingerprint density at radius 3 is 2.37 bits per heavy atom. The van der Waals surface area contributed by atoms with Gasteiger partial charge in [-0.1, -0.05) is 0 Å². The van der Waals surface area contributed by atoms with Crippen molar-refractivity contribution in [2.24, 2.45) is 0 Å². The molecular formula is C17H11Se2+. The van der Waals surface area contributed by atoms with Gasteiger partial charge in [-0.3, -0.25) is 0 Å². The summed E-state index contributed by atoms with van der Waals surface area (Å²) < 4.78 is 4.77. The zero-order valence-corrected chi connectivity index (χ0v) is 13.6. The molecule has 90 valence electrons. The van der Waals surface area contributed by atoms with E-state index >= 15 is 0 Å². The molecule has 0 N–H and O–H groups in total. The molecule has 0 spiro atoms. The summed E-state index contributed by atoms with van der Waals surface area (Å²) in [5.74, 6) is 0. The SMILES string of the molecule is c1ccc(-c2ccc3c([se]c4ccccc43)[se+]2)cc1.